The van der Waals surface area contributed by atoms with Crippen molar-refractivity contribution in [1.82, 2.24) is 10.2 Å². The van der Waals surface area contributed by atoms with Crippen molar-refractivity contribution in [3.8, 4) is 0 Å². The molecule has 2 saturated heterocycles. The Hall–Kier alpha value is -0.950. The summed E-state index contributed by atoms with van der Waals surface area (Å²) in [7, 11) is 0. The molecule has 1 aromatic heterocycles. The molecule has 21 heavy (non-hydrogen) atoms. The predicted octanol–water partition coefficient (Wildman–Crippen LogP) is 1.76. The molecule has 0 radical (unpaired) electrons. The third kappa shape index (κ3) is 2.85. The number of carbonyl (C=O) groups excluding carboxylic acids is 1. The number of thiophene rings is 1. The average Bonchev–Trinajstić information content (AvgIpc) is 3.11. The van der Waals surface area contributed by atoms with Crippen LogP contribution in [0.2, 0.25) is 0 Å². The second-order valence-corrected chi connectivity index (χ2v) is 6.59. The molecule has 2 aliphatic heterocycles. The van der Waals surface area contributed by atoms with Crippen LogP contribution in [-0.2, 0) is 14.3 Å². The average molecular weight is 310 g/mol. The standard InChI is InChI=1S/C15H22N2O3S/c1-3-15(2)14(18)17(8-12-9-19-5-6-20-12)13(16-15)11-4-7-21-10-11/h4,7,10,12-13,16H,3,5-6,8-9H2,1-2H3. The molecule has 3 atom stereocenters. The van der Waals surface area contributed by atoms with Gasteiger partial charge in [0.25, 0.3) is 0 Å². The van der Waals surface area contributed by atoms with Gasteiger partial charge in [-0.05, 0) is 35.7 Å². The molecule has 2 fully saturated rings. The highest BCUT2D eigenvalue weighted by Gasteiger charge is 2.47. The van der Waals surface area contributed by atoms with E-state index < -0.39 is 5.54 Å². The van der Waals surface area contributed by atoms with Crippen molar-refractivity contribution in [2.45, 2.75) is 38.1 Å². The van der Waals surface area contributed by atoms with E-state index in [4.69, 9.17) is 9.47 Å². The summed E-state index contributed by atoms with van der Waals surface area (Å²) in [6, 6.07) is 2.07. The SMILES string of the molecule is CCC1(C)NC(c2ccsc2)N(CC2COCCO2)C1=O. The van der Waals surface area contributed by atoms with Gasteiger partial charge in [-0.25, -0.2) is 0 Å². The second-order valence-electron chi connectivity index (χ2n) is 5.81. The lowest BCUT2D eigenvalue weighted by Gasteiger charge is -2.30. The van der Waals surface area contributed by atoms with Crippen LogP contribution in [0.15, 0.2) is 16.8 Å². The van der Waals surface area contributed by atoms with E-state index in [1.54, 1.807) is 11.3 Å². The van der Waals surface area contributed by atoms with Crippen LogP contribution in [0.3, 0.4) is 0 Å². The zero-order valence-corrected chi connectivity index (χ0v) is 13.3. The number of hydrogen-bond acceptors (Lipinski definition) is 5. The highest BCUT2D eigenvalue weighted by atomic mass is 32.1. The summed E-state index contributed by atoms with van der Waals surface area (Å²) in [6.07, 6.45) is 0.661. The number of nitrogens with one attached hydrogen (secondary N) is 1. The minimum Gasteiger partial charge on any atom is -0.376 e. The summed E-state index contributed by atoms with van der Waals surface area (Å²) in [6.45, 7) is 6.40. The van der Waals surface area contributed by atoms with Gasteiger partial charge in [0.15, 0.2) is 0 Å². The van der Waals surface area contributed by atoms with Crippen LogP contribution in [0.5, 0.6) is 0 Å². The number of ether oxygens (including phenoxy) is 2. The molecular formula is C15H22N2O3S. The Bertz CT molecular complexity index is 487. The Balaban J connectivity index is 1.81. The van der Waals surface area contributed by atoms with Crippen molar-refractivity contribution in [3.63, 3.8) is 0 Å². The Morgan fingerprint density at radius 1 is 1.52 bits per heavy atom. The van der Waals surface area contributed by atoms with Gasteiger partial charge in [-0.15, -0.1) is 0 Å². The lowest BCUT2D eigenvalue weighted by Crippen LogP contribution is -2.45. The third-order valence-corrected chi connectivity index (χ3v) is 5.05. The van der Waals surface area contributed by atoms with E-state index in [2.05, 4.69) is 16.8 Å². The van der Waals surface area contributed by atoms with E-state index in [1.165, 1.54) is 0 Å². The molecule has 6 heteroatoms. The first kappa shape index (κ1) is 15.0. The summed E-state index contributed by atoms with van der Waals surface area (Å²) in [5, 5.41) is 7.63. The largest absolute Gasteiger partial charge is 0.376 e. The van der Waals surface area contributed by atoms with Crippen LogP contribution >= 0.6 is 11.3 Å². The van der Waals surface area contributed by atoms with Gasteiger partial charge in [0.05, 0.1) is 38.0 Å². The fourth-order valence-corrected chi connectivity index (χ4v) is 3.55. The zero-order valence-electron chi connectivity index (χ0n) is 12.5. The lowest BCUT2D eigenvalue weighted by atomic mass is 9.99. The lowest BCUT2D eigenvalue weighted by molar-refractivity contribution is -0.139. The number of carbonyl (C=O) groups is 1. The van der Waals surface area contributed by atoms with Crippen LogP contribution in [0.1, 0.15) is 32.0 Å². The molecule has 3 heterocycles. The molecular weight excluding hydrogens is 288 g/mol. The minimum absolute atomic E-state index is 0.0372. The molecule has 1 aromatic rings. The van der Waals surface area contributed by atoms with Gasteiger partial charge in [-0.1, -0.05) is 6.92 Å². The van der Waals surface area contributed by atoms with Crippen molar-refractivity contribution < 1.29 is 14.3 Å². The summed E-state index contributed by atoms with van der Waals surface area (Å²) in [4.78, 5) is 14.7. The molecule has 0 saturated carbocycles. The minimum atomic E-state index is -0.498. The van der Waals surface area contributed by atoms with Gasteiger partial charge in [0.2, 0.25) is 5.91 Å². The van der Waals surface area contributed by atoms with E-state index in [0.29, 0.717) is 26.4 Å². The maximum atomic E-state index is 12.8. The van der Waals surface area contributed by atoms with E-state index in [-0.39, 0.29) is 18.2 Å². The number of amides is 1. The van der Waals surface area contributed by atoms with Crippen LogP contribution < -0.4 is 5.32 Å². The van der Waals surface area contributed by atoms with Crippen LogP contribution in [-0.4, -0.2) is 48.8 Å². The van der Waals surface area contributed by atoms with Crippen molar-refractivity contribution in [2.75, 3.05) is 26.4 Å². The molecule has 0 aliphatic carbocycles. The van der Waals surface area contributed by atoms with Gasteiger partial charge < -0.3 is 14.4 Å². The predicted molar refractivity (Wildman–Crippen MR) is 81.2 cm³/mol. The van der Waals surface area contributed by atoms with Gasteiger partial charge in [-0.3, -0.25) is 10.1 Å². The summed E-state index contributed by atoms with van der Waals surface area (Å²) < 4.78 is 11.2. The van der Waals surface area contributed by atoms with Crippen LogP contribution in [0.25, 0.3) is 0 Å². The number of hydrogen-bond donors (Lipinski definition) is 1. The van der Waals surface area contributed by atoms with Gasteiger partial charge >= 0.3 is 0 Å². The Kier molecular flexibility index (Phi) is 4.31. The highest BCUT2D eigenvalue weighted by Crippen LogP contribution is 2.33. The van der Waals surface area contributed by atoms with Crippen molar-refractivity contribution in [2.24, 2.45) is 0 Å². The molecule has 0 aromatic carbocycles. The number of nitrogens with zero attached hydrogens (tertiary/aromatic N) is 1. The quantitative estimate of drug-likeness (QED) is 0.921. The normalized spacial score (nSPS) is 33.6. The molecule has 1 N–H and O–H groups in total. The summed E-state index contributed by atoms with van der Waals surface area (Å²) in [5.74, 6) is 0.148. The first-order valence-corrected chi connectivity index (χ1v) is 8.38. The molecule has 3 unspecified atom stereocenters. The first-order chi connectivity index (χ1) is 10.1. The first-order valence-electron chi connectivity index (χ1n) is 7.44. The number of rotatable bonds is 4. The summed E-state index contributed by atoms with van der Waals surface area (Å²) in [5.41, 5.74) is 0.643. The van der Waals surface area contributed by atoms with Crippen LogP contribution in [0.4, 0.5) is 0 Å². The van der Waals surface area contributed by atoms with Crippen molar-refractivity contribution in [1.29, 1.82) is 0 Å². The van der Waals surface area contributed by atoms with Crippen molar-refractivity contribution in [3.05, 3.63) is 22.4 Å². The second kappa shape index (κ2) is 6.04. The maximum absolute atomic E-state index is 12.8. The fourth-order valence-electron chi connectivity index (χ4n) is 2.87. The van der Waals surface area contributed by atoms with E-state index >= 15 is 0 Å². The van der Waals surface area contributed by atoms with Gasteiger partial charge in [0.1, 0.15) is 6.17 Å². The summed E-state index contributed by atoms with van der Waals surface area (Å²) >= 11 is 1.65. The third-order valence-electron chi connectivity index (χ3n) is 4.35. The molecule has 3 rings (SSSR count). The van der Waals surface area contributed by atoms with Crippen LogP contribution in [0, 0.1) is 0 Å². The van der Waals surface area contributed by atoms with E-state index in [9.17, 15) is 4.79 Å². The molecule has 5 nitrogen and oxygen atoms in total. The fraction of sp³-hybridized carbons (Fsp3) is 0.667. The Morgan fingerprint density at radius 2 is 2.38 bits per heavy atom. The molecule has 116 valence electrons. The molecule has 0 spiro atoms. The van der Waals surface area contributed by atoms with E-state index in [1.807, 2.05) is 24.1 Å². The molecule has 2 aliphatic rings. The highest BCUT2D eigenvalue weighted by molar-refractivity contribution is 7.07. The van der Waals surface area contributed by atoms with Gasteiger partial charge in [0, 0.05) is 0 Å². The van der Waals surface area contributed by atoms with Crippen molar-refractivity contribution >= 4 is 17.2 Å². The molecule has 0 bridgehead atoms. The van der Waals surface area contributed by atoms with Gasteiger partial charge in [-0.2, -0.15) is 11.3 Å². The smallest absolute Gasteiger partial charge is 0.244 e. The molecule has 1 amide bonds. The Morgan fingerprint density at radius 3 is 3.00 bits per heavy atom. The van der Waals surface area contributed by atoms with E-state index in [0.717, 1.165) is 12.0 Å². The Labute approximate surface area is 129 Å². The monoisotopic (exact) mass is 310 g/mol. The maximum Gasteiger partial charge on any atom is 0.244 e. The topological polar surface area (TPSA) is 50.8 Å². The zero-order chi connectivity index (χ0) is 14.9.